The van der Waals surface area contributed by atoms with E-state index in [9.17, 15) is 9.90 Å². The minimum Gasteiger partial charge on any atom is -0.483 e. The summed E-state index contributed by atoms with van der Waals surface area (Å²) in [4.78, 5) is 12.7. The van der Waals surface area contributed by atoms with Gasteiger partial charge < -0.3 is 20.0 Å². The summed E-state index contributed by atoms with van der Waals surface area (Å²) in [6, 6.07) is 16.2. The first kappa shape index (κ1) is 15.3. The minimum atomic E-state index is -0.843. The quantitative estimate of drug-likeness (QED) is 0.754. The zero-order chi connectivity index (χ0) is 16.2. The molecule has 3 N–H and O–H groups in total. The van der Waals surface area contributed by atoms with E-state index in [0.29, 0.717) is 16.7 Å². The van der Waals surface area contributed by atoms with Crippen molar-refractivity contribution >= 4 is 11.0 Å². The van der Waals surface area contributed by atoms with Crippen molar-refractivity contribution in [2.24, 2.45) is 5.73 Å². The van der Waals surface area contributed by atoms with Gasteiger partial charge in [0.05, 0.1) is 5.39 Å². The van der Waals surface area contributed by atoms with E-state index in [2.05, 4.69) is 0 Å². The van der Waals surface area contributed by atoms with Gasteiger partial charge in [-0.2, -0.15) is 0 Å². The van der Waals surface area contributed by atoms with Gasteiger partial charge in [0, 0.05) is 12.1 Å². The maximum atomic E-state index is 12.7. The molecule has 0 bridgehead atoms. The fraction of sp³-hybridized carbons (Fsp3) is 0.167. The summed E-state index contributed by atoms with van der Waals surface area (Å²) in [5, 5.41) is 10.0. The summed E-state index contributed by atoms with van der Waals surface area (Å²) in [5.41, 5.74) is 6.33. The summed E-state index contributed by atoms with van der Waals surface area (Å²) in [7, 11) is 0. The molecule has 3 aromatic rings. The van der Waals surface area contributed by atoms with Gasteiger partial charge in [-0.05, 0) is 12.1 Å². The van der Waals surface area contributed by atoms with Gasteiger partial charge in [0.25, 0.3) is 0 Å². The van der Waals surface area contributed by atoms with Crippen LogP contribution in [0.2, 0.25) is 0 Å². The highest BCUT2D eigenvalue weighted by Gasteiger charge is 2.18. The Morgan fingerprint density at radius 2 is 1.78 bits per heavy atom. The lowest BCUT2D eigenvalue weighted by Gasteiger charge is -2.13. The molecule has 0 radical (unpaired) electrons. The largest absolute Gasteiger partial charge is 0.483 e. The Morgan fingerprint density at radius 1 is 1.09 bits per heavy atom. The van der Waals surface area contributed by atoms with E-state index in [0.717, 1.165) is 5.56 Å². The molecule has 1 atom stereocenters. The number of rotatable bonds is 5. The van der Waals surface area contributed by atoms with Crippen molar-refractivity contribution in [3.8, 4) is 17.1 Å². The highest BCUT2D eigenvalue weighted by molar-refractivity contribution is 5.81. The first-order chi connectivity index (χ1) is 11.2. The maximum Gasteiger partial charge on any atom is 0.235 e. The van der Waals surface area contributed by atoms with Gasteiger partial charge in [0.2, 0.25) is 11.2 Å². The monoisotopic (exact) mass is 311 g/mol. The minimum absolute atomic E-state index is 0.0551. The second-order valence-corrected chi connectivity index (χ2v) is 5.15. The standard InChI is InChI=1S/C18H17NO4/c19-10-13(20)11-22-18-16(21)14-8-4-5-9-15(14)23-17(18)12-6-2-1-3-7-12/h1-9,13,20H,10-11,19H2. The third-order valence-corrected chi connectivity index (χ3v) is 3.48. The summed E-state index contributed by atoms with van der Waals surface area (Å²) < 4.78 is 11.4. The van der Waals surface area contributed by atoms with Gasteiger partial charge in [0.1, 0.15) is 18.3 Å². The normalized spacial score (nSPS) is 12.3. The van der Waals surface area contributed by atoms with E-state index >= 15 is 0 Å². The molecule has 0 aliphatic rings. The summed E-state index contributed by atoms with van der Waals surface area (Å²) in [6.07, 6.45) is -0.843. The molecule has 1 heterocycles. The molecule has 5 nitrogen and oxygen atoms in total. The van der Waals surface area contributed by atoms with Crippen LogP contribution in [0.25, 0.3) is 22.3 Å². The molecule has 0 aliphatic carbocycles. The van der Waals surface area contributed by atoms with Crippen LogP contribution in [0.1, 0.15) is 0 Å². The third kappa shape index (κ3) is 3.11. The molecule has 23 heavy (non-hydrogen) atoms. The molecule has 0 fully saturated rings. The van der Waals surface area contributed by atoms with Crippen molar-refractivity contribution in [2.75, 3.05) is 13.2 Å². The van der Waals surface area contributed by atoms with Crippen LogP contribution < -0.4 is 15.9 Å². The Kier molecular flexibility index (Phi) is 4.41. The first-order valence-corrected chi connectivity index (χ1v) is 7.33. The highest BCUT2D eigenvalue weighted by atomic mass is 16.5. The molecule has 0 saturated heterocycles. The zero-order valence-corrected chi connectivity index (χ0v) is 12.4. The summed E-state index contributed by atoms with van der Waals surface area (Å²) >= 11 is 0. The van der Waals surface area contributed by atoms with Gasteiger partial charge in [0.15, 0.2) is 5.76 Å². The number of para-hydroxylation sites is 1. The van der Waals surface area contributed by atoms with Crippen molar-refractivity contribution in [1.82, 2.24) is 0 Å². The molecular weight excluding hydrogens is 294 g/mol. The van der Waals surface area contributed by atoms with Gasteiger partial charge >= 0.3 is 0 Å². The zero-order valence-electron chi connectivity index (χ0n) is 12.4. The maximum absolute atomic E-state index is 12.7. The molecule has 0 spiro atoms. The molecule has 1 aromatic heterocycles. The van der Waals surface area contributed by atoms with Crippen LogP contribution in [0.15, 0.2) is 63.8 Å². The number of hydrogen-bond donors (Lipinski definition) is 2. The van der Waals surface area contributed by atoms with E-state index in [1.165, 1.54) is 0 Å². The number of fused-ring (bicyclic) bond motifs is 1. The smallest absolute Gasteiger partial charge is 0.235 e. The molecule has 0 amide bonds. The number of hydrogen-bond acceptors (Lipinski definition) is 5. The summed E-state index contributed by atoms with van der Waals surface area (Å²) in [6.45, 7) is -0.0149. The third-order valence-electron chi connectivity index (χ3n) is 3.48. The molecule has 1 unspecified atom stereocenters. The van der Waals surface area contributed by atoms with Crippen LogP contribution >= 0.6 is 0 Å². The lowest BCUT2D eigenvalue weighted by molar-refractivity contribution is 0.113. The van der Waals surface area contributed by atoms with Crippen LogP contribution in [-0.2, 0) is 0 Å². The van der Waals surface area contributed by atoms with Crippen LogP contribution in [0.4, 0.5) is 0 Å². The Morgan fingerprint density at radius 3 is 2.52 bits per heavy atom. The van der Waals surface area contributed by atoms with Crippen LogP contribution in [0.3, 0.4) is 0 Å². The first-order valence-electron chi connectivity index (χ1n) is 7.33. The van der Waals surface area contributed by atoms with E-state index in [1.54, 1.807) is 24.3 Å². The number of aliphatic hydroxyl groups excluding tert-OH is 1. The molecule has 0 saturated carbocycles. The van der Waals surface area contributed by atoms with Crippen molar-refractivity contribution in [3.63, 3.8) is 0 Å². The highest BCUT2D eigenvalue weighted by Crippen LogP contribution is 2.30. The van der Waals surface area contributed by atoms with Crippen molar-refractivity contribution in [3.05, 3.63) is 64.8 Å². The van der Waals surface area contributed by atoms with Gasteiger partial charge in [-0.25, -0.2) is 0 Å². The average Bonchev–Trinajstić information content (AvgIpc) is 2.61. The average molecular weight is 311 g/mol. The molecular formula is C18H17NO4. The second-order valence-electron chi connectivity index (χ2n) is 5.15. The van der Waals surface area contributed by atoms with E-state index in [-0.39, 0.29) is 24.3 Å². The Balaban J connectivity index is 2.17. The molecule has 5 heteroatoms. The topological polar surface area (TPSA) is 85.7 Å². The molecule has 118 valence electrons. The Labute approximate surface area is 132 Å². The van der Waals surface area contributed by atoms with Crippen molar-refractivity contribution in [2.45, 2.75) is 6.10 Å². The van der Waals surface area contributed by atoms with Crippen molar-refractivity contribution in [1.29, 1.82) is 0 Å². The SMILES string of the molecule is NCC(O)COc1c(-c2ccccc2)oc2ccccc2c1=O. The van der Waals surface area contributed by atoms with Crippen LogP contribution in [0.5, 0.6) is 5.75 Å². The fourth-order valence-corrected chi connectivity index (χ4v) is 2.28. The van der Waals surface area contributed by atoms with Crippen molar-refractivity contribution < 1.29 is 14.3 Å². The van der Waals surface area contributed by atoms with E-state index in [4.69, 9.17) is 14.9 Å². The van der Waals surface area contributed by atoms with Gasteiger partial charge in [-0.3, -0.25) is 4.79 Å². The predicted molar refractivity (Wildman–Crippen MR) is 88.5 cm³/mol. The van der Waals surface area contributed by atoms with Crippen LogP contribution in [0, 0.1) is 0 Å². The molecule has 2 aromatic carbocycles. The van der Waals surface area contributed by atoms with Gasteiger partial charge in [-0.15, -0.1) is 0 Å². The second kappa shape index (κ2) is 6.64. The number of nitrogens with two attached hydrogens (primary N) is 1. The predicted octanol–water partition coefficient (Wildman–Crippen LogP) is 2.16. The fourth-order valence-electron chi connectivity index (χ4n) is 2.28. The number of benzene rings is 2. The lowest BCUT2D eigenvalue weighted by Crippen LogP contribution is -2.28. The Hall–Kier alpha value is -2.63. The molecule has 3 rings (SSSR count). The summed E-state index contributed by atoms with van der Waals surface area (Å²) in [5.74, 6) is 0.431. The number of ether oxygens (including phenoxy) is 1. The van der Waals surface area contributed by atoms with Crippen LogP contribution in [-0.4, -0.2) is 24.4 Å². The Bertz CT molecular complexity index is 858. The van der Waals surface area contributed by atoms with Gasteiger partial charge in [-0.1, -0.05) is 42.5 Å². The van der Waals surface area contributed by atoms with E-state index < -0.39 is 6.10 Å². The molecule has 0 aliphatic heterocycles. The lowest BCUT2D eigenvalue weighted by atomic mass is 10.1. The number of aliphatic hydroxyl groups is 1. The van der Waals surface area contributed by atoms with E-state index in [1.807, 2.05) is 30.3 Å².